The lowest BCUT2D eigenvalue weighted by molar-refractivity contribution is 0.0433. The number of ketones is 1. The molecule has 0 radical (unpaired) electrons. The molecular weight excluding hydrogens is 440 g/mol. The van der Waals surface area contributed by atoms with Gasteiger partial charge in [0.15, 0.2) is 26.2 Å². The summed E-state index contributed by atoms with van der Waals surface area (Å²) in [4.78, 5) is 13.4. The maximum Gasteiger partial charge on any atom is 0.188 e. The number of carbonyl (C=O) groups is 1. The van der Waals surface area contributed by atoms with E-state index in [1.165, 1.54) is 7.11 Å². The number of hydrogen-bond donors (Lipinski definition) is 0. The van der Waals surface area contributed by atoms with Crippen LogP contribution in [0.2, 0.25) is 0 Å². The average molecular weight is 475 g/mol. The summed E-state index contributed by atoms with van der Waals surface area (Å²) in [5, 5.41) is 0. The number of Topliss-reactive ketones (excluding diaryl/α,β-unsaturated/α-hetero) is 1. The van der Waals surface area contributed by atoms with Crippen molar-refractivity contribution < 1.29 is 38.0 Å². The van der Waals surface area contributed by atoms with Crippen LogP contribution in [0.25, 0.3) is 0 Å². The zero-order chi connectivity index (χ0) is 24.3. The van der Waals surface area contributed by atoms with Gasteiger partial charge in [-0.3, -0.25) is 4.79 Å². The minimum atomic E-state index is -0.436. The maximum absolute atomic E-state index is 13.4. The molecule has 0 aliphatic carbocycles. The highest BCUT2D eigenvalue weighted by atomic mass is 16.7. The molecule has 0 spiro atoms. The summed E-state index contributed by atoms with van der Waals surface area (Å²) < 4.78 is 38.7. The van der Waals surface area contributed by atoms with E-state index in [0.717, 1.165) is 30.4 Å². The van der Waals surface area contributed by atoms with Crippen molar-refractivity contribution in [1.82, 2.24) is 0 Å². The molecule has 0 saturated carbocycles. The zero-order valence-corrected chi connectivity index (χ0v) is 20.4. The molecule has 0 saturated heterocycles. The highest BCUT2D eigenvalue weighted by Gasteiger charge is 2.34. The third kappa shape index (κ3) is 6.40. The van der Waals surface area contributed by atoms with E-state index in [1.807, 2.05) is 24.3 Å². The minimum absolute atomic E-state index is 0.00494. The quantitative estimate of drug-likeness (QED) is 0.277. The Morgan fingerprint density at radius 2 is 1.53 bits per heavy atom. The second-order valence-corrected chi connectivity index (χ2v) is 7.97. The molecule has 0 amide bonds. The normalized spacial score (nSPS) is 14.9. The van der Waals surface area contributed by atoms with Gasteiger partial charge in [0.05, 0.1) is 6.42 Å². The van der Waals surface area contributed by atoms with Crippen LogP contribution in [0.1, 0.15) is 60.2 Å². The number of carbonyl (C=O) groups excluding carboxylic acids is 1. The largest absolute Gasteiger partial charge is 0.484 e. The Morgan fingerprint density at radius 1 is 0.882 bits per heavy atom. The highest BCUT2D eigenvalue weighted by Crippen LogP contribution is 2.46. The number of ether oxygens (including phenoxy) is 7. The lowest BCUT2D eigenvalue weighted by atomic mass is 9.91. The van der Waals surface area contributed by atoms with Crippen LogP contribution in [0.5, 0.6) is 23.0 Å². The fourth-order valence-electron chi connectivity index (χ4n) is 3.87. The standard InChI is InChI=1S/C26H34O8/c1-5-6-7-8-20-23(32-16-29-3)14-24(33-17-30-4)25-21(27)13-22(34-26(20)25)18-9-11-19(12-10-18)31-15-28-2/h9-12,14,22H,5-8,13,15-17H2,1-4H3. The van der Waals surface area contributed by atoms with Crippen LogP contribution in [0.4, 0.5) is 0 Å². The van der Waals surface area contributed by atoms with Crippen molar-refractivity contribution in [3.63, 3.8) is 0 Å². The van der Waals surface area contributed by atoms with Gasteiger partial charge in [0.1, 0.15) is 34.7 Å². The van der Waals surface area contributed by atoms with Crippen LogP contribution in [-0.2, 0) is 20.6 Å². The summed E-state index contributed by atoms with van der Waals surface area (Å²) in [6, 6.07) is 9.22. The molecule has 34 heavy (non-hydrogen) atoms. The second kappa shape index (κ2) is 13.2. The monoisotopic (exact) mass is 474 g/mol. The van der Waals surface area contributed by atoms with E-state index in [0.29, 0.717) is 35.0 Å². The van der Waals surface area contributed by atoms with Crippen LogP contribution in [0.15, 0.2) is 30.3 Å². The van der Waals surface area contributed by atoms with E-state index in [4.69, 9.17) is 33.2 Å². The molecule has 0 fully saturated rings. The van der Waals surface area contributed by atoms with Crippen LogP contribution in [0.3, 0.4) is 0 Å². The van der Waals surface area contributed by atoms with Crippen LogP contribution < -0.4 is 18.9 Å². The Kier molecular flexibility index (Phi) is 10.00. The second-order valence-electron chi connectivity index (χ2n) is 7.97. The summed E-state index contributed by atoms with van der Waals surface area (Å²) in [5.41, 5.74) is 2.17. The van der Waals surface area contributed by atoms with Gasteiger partial charge in [0.25, 0.3) is 0 Å². The molecule has 1 atom stereocenters. The first-order chi connectivity index (χ1) is 16.6. The summed E-state index contributed by atoms with van der Waals surface area (Å²) in [6.45, 7) is 2.39. The number of rotatable bonds is 14. The molecule has 8 heteroatoms. The van der Waals surface area contributed by atoms with Crippen molar-refractivity contribution >= 4 is 5.78 Å². The van der Waals surface area contributed by atoms with E-state index >= 15 is 0 Å². The summed E-state index contributed by atoms with van der Waals surface area (Å²) in [5.74, 6) is 2.11. The Bertz CT molecular complexity index is 925. The summed E-state index contributed by atoms with van der Waals surface area (Å²) >= 11 is 0. The molecule has 8 nitrogen and oxygen atoms in total. The van der Waals surface area contributed by atoms with Crippen molar-refractivity contribution in [2.75, 3.05) is 41.7 Å². The van der Waals surface area contributed by atoms with Gasteiger partial charge in [0, 0.05) is 33.0 Å². The number of unbranched alkanes of at least 4 members (excludes halogenated alkanes) is 2. The van der Waals surface area contributed by atoms with E-state index in [2.05, 4.69) is 6.92 Å². The minimum Gasteiger partial charge on any atom is -0.484 e. The van der Waals surface area contributed by atoms with Crippen molar-refractivity contribution in [2.45, 2.75) is 45.1 Å². The topological polar surface area (TPSA) is 81.7 Å². The molecule has 0 N–H and O–H groups in total. The Balaban J connectivity index is 1.99. The van der Waals surface area contributed by atoms with Gasteiger partial charge < -0.3 is 33.2 Å². The Morgan fingerprint density at radius 3 is 2.18 bits per heavy atom. The first-order valence-corrected chi connectivity index (χ1v) is 11.5. The SMILES string of the molecule is CCCCCc1c(OCOC)cc(OCOC)c2c1OC(c1ccc(OCOC)cc1)CC2=O. The summed E-state index contributed by atoms with van der Waals surface area (Å²) in [6.07, 6.45) is 3.55. The third-order valence-electron chi connectivity index (χ3n) is 5.51. The van der Waals surface area contributed by atoms with Gasteiger partial charge in [-0.15, -0.1) is 0 Å². The van der Waals surface area contributed by atoms with Gasteiger partial charge in [-0.25, -0.2) is 0 Å². The maximum atomic E-state index is 13.4. The van der Waals surface area contributed by atoms with Crippen molar-refractivity contribution in [3.05, 3.63) is 47.0 Å². The van der Waals surface area contributed by atoms with Crippen LogP contribution in [0, 0.1) is 0 Å². The Hall–Kier alpha value is -2.81. The smallest absolute Gasteiger partial charge is 0.188 e. The Labute approximate surface area is 201 Å². The van der Waals surface area contributed by atoms with Gasteiger partial charge >= 0.3 is 0 Å². The van der Waals surface area contributed by atoms with Crippen LogP contribution in [-0.4, -0.2) is 47.5 Å². The third-order valence-corrected chi connectivity index (χ3v) is 5.51. The van der Waals surface area contributed by atoms with E-state index in [9.17, 15) is 4.79 Å². The summed E-state index contributed by atoms with van der Waals surface area (Å²) in [7, 11) is 4.66. The van der Waals surface area contributed by atoms with E-state index < -0.39 is 6.10 Å². The lowest BCUT2D eigenvalue weighted by Gasteiger charge is -2.30. The number of fused-ring (bicyclic) bond motifs is 1. The molecule has 1 unspecified atom stereocenters. The average Bonchev–Trinajstić information content (AvgIpc) is 2.85. The van der Waals surface area contributed by atoms with Crippen molar-refractivity contribution in [3.8, 4) is 23.0 Å². The van der Waals surface area contributed by atoms with Gasteiger partial charge in [0.2, 0.25) is 0 Å². The molecule has 186 valence electrons. The van der Waals surface area contributed by atoms with E-state index in [-0.39, 0.29) is 32.6 Å². The van der Waals surface area contributed by atoms with Crippen molar-refractivity contribution in [1.29, 1.82) is 0 Å². The zero-order valence-electron chi connectivity index (χ0n) is 20.4. The predicted molar refractivity (Wildman–Crippen MR) is 126 cm³/mol. The molecule has 1 aliphatic heterocycles. The van der Waals surface area contributed by atoms with Crippen molar-refractivity contribution in [2.24, 2.45) is 0 Å². The van der Waals surface area contributed by atoms with Crippen LogP contribution >= 0.6 is 0 Å². The number of hydrogen-bond acceptors (Lipinski definition) is 8. The predicted octanol–water partition coefficient (Wildman–Crippen LogP) is 5.07. The lowest BCUT2D eigenvalue weighted by Crippen LogP contribution is -2.23. The molecule has 1 heterocycles. The van der Waals surface area contributed by atoms with E-state index in [1.54, 1.807) is 20.3 Å². The molecule has 1 aliphatic rings. The van der Waals surface area contributed by atoms with Gasteiger partial charge in [-0.1, -0.05) is 31.9 Å². The fraction of sp³-hybridized carbons (Fsp3) is 0.500. The van der Waals surface area contributed by atoms with Gasteiger partial charge in [-0.2, -0.15) is 0 Å². The molecule has 0 bridgehead atoms. The first kappa shape index (κ1) is 25.8. The van der Waals surface area contributed by atoms with Gasteiger partial charge in [-0.05, 0) is 30.5 Å². The first-order valence-electron chi connectivity index (χ1n) is 11.5. The molecule has 2 aromatic carbocycles. The number of benzene rings is 2. The highest BCUT2D eigenvalue weighted by molar-refractivity contribution is 6.03. The molecule has 0 aromatic heterocycles. The molecule has 3 rings (SSSR count). The molecular formula is C26H34O8. The number of methoxy groups -OCH3 is 3. The molecule has 2 aromatic rings. The fourth-order valence-corrected chi connectivity index (χ4v) is 3.87.